The van der Waals surface area contributed by atoms with Gasteiger partial charge < -0.3 is 25.8 Å². The molecule has 2 atom stereocenters. The highest BCUT2D eigenvalue weighted by molar-refractivity contribution is 5.89. The Kier molecular flexibility index (Phi) is 10.1. The Morgan fingerprint density at radius 3 is 2.12 bits per heavy atom. The largest absolute Gasteiger partial charge is 0.467 e. The van der Waals surface area contributed by atoms with Crippen molar-refractivity contribution in [1.29, 1.82) is 0 Å². The molecule has 0 heterocycles. The molecule has 0 saturated carbocycles. The van der Waals surface area contributed by atoms with Gasteiger partial charge in [0.1, 0.15) is 17.7 Å². The third-order valence-corrected chi connectivity index (χ3v) is 3.37. The third-order valence-electron chi connectivity index (χ3n) is 3.37. The molecule has 0 radical (unpaired) electrons. The number of hydrogen-bond acceptors (Lipinski definition) is 6. The van der Waals surface area contributed by atoms with Crippen molar-refractivity contribution in [3.05, 3.63) is 0 Å². The number of unbranched alkanes of at least 4 members (excludes halogenated alkanes) is 1. The molecule has 0 aromatic heterocycles. The van der Waals surface area contributed by atoms with Crippen LogP contribution >= 0.6 is 0 Å². The molecule has 4 N–H and O–H groups in total. The molecule has 0 saturated heterocycles. The van der Waals surface area contributed by atoms with Crippen LogP contribution in [0.2, 0.25) is 0 Å². The van der Waals surface area contributed by atoms with Crippen molar-refractivity contribution in [2.75, 3.05) is 13.7 Å². The molecule has 0 bridgehead atoms. The van der Waals surface area contributed by atoms with Gasteiger partial charge in [-0.2, -0.15) is 0 Å². The fourth-order valence-corrected chi connectivity index (χ4v) is 2.09. The molecular formula is C17H33N3O5. The second-order valence-electron chi connectivity index (χ2n) is 7.24. The molecule has 0 aliphatic carbocycles. The number of carbonyl (C=O) groups is 3. The number of rotatable bonds is 9. The Hall–Kier alpha value is -1.83. The van der Waals surface area contributed by atoms with Gasteiger partial charge in [0.15, 0.2) is 0 Å². The van der Waals surface area contributed by atoms with E-state index in [2.05, 4.69) is 10.6 Å². The Morgan fingerprint density at radius 1 is 1.08 bits per heavy atom. The van der Waals surface area contributed by atoms with E-state index in [1.54, 1.807) is 34.6 Å². The van der Waals surface area contributed by atoms with Crippen molar-refractivity contribution in [1.82, 2.24) is 10.6 Å². The molecule has 0 spiro atoms. The van der Waals surface area contributed by atoms with Crippen LogP contribution in [0.15, 0.2) is 0 Å². The highest BCUT2D eigenvalue weighted by Crippen LogP contribution is 2.10. The Morgan fingerprint density at radius 2 is 1.68 bits per heavy atom. The summed E-state index contributed by atoms with van der Waals surface area (Å²) in [5.74, 6) is -1.13. The maximum Gasteiger partial charge on any atom is 0.408 e. The molecule has 25 heavy (non-hydrogen) atoms. The SMILES string of the molecule is COC(=O)[C@H](NC(=O)[C@H](CCCCN)NC(=O)OC(C)(C)C)C(C)C. The zero-order chi connectivity index (χ0) is 19.6. The minimum atomic E-state index is -0.813. The number of amides is 2. The second-order valence-corrected chi connectivity index (χ2v) is 7.24. The first-order valence-corrected chi connectivity index (χ1v) is 8.59. The van der Waals surface area contributed by atoms with E-state index >= 15 is 0 Å². The van der Waals surface area contributed by atoms with E-state index in [4.69, 9.17) is 15.2 Å². The van der Waals surface area contributed by atoms with E-state index in [-0.39, 0.29) is 5.92 Å². The van der Waals surface area contributed by atoms with Crippen LogP contribution in [0.3, 0.4) is 0 Å². The van der Waals surface area contributed by atoms with Crippen LogP contribution in [0, 0.1) is 5.92 Å². The first-order chi connectivity index (χ1) is 11.5. The molecular weight excluding hydrogens is 326 g/mol. The molecule has 2 amide bonds. The van der Waals surface area contributed by atoms with Crippen LogP contribution in [-0.2, 0) is 19.1 Å². The minimum absolute atomic E-state index is 0.150. The lowest BCUT2D eigenvalue weighted by atomic mass is 10.0. The van der Waals surface area contributed by atoms with Gasteiger partial charge in [-0.15, -0.1) is 0 Å². The lowest BCUT2D eigenvalue weighted by molar-refractivity contribution is -0.146. The number of ether oxygens (including phenoxy) is 2. The lowest BCUT2D eigenvalue weighted by Gasteiger charge is -2.26. The second kappa shape index (κ2) is 10.9. The highest BCUT2D eigenvalue weighted by atomic mass is 16.6. The predicted molar refractivity (Wildman–Crippen MR) is 94.8 cm³/mol. The van der Waals surface area contributed by atoms with Crippen LogP contribution in [0.4, 0.5) is 4.79 Å². The summed E-state index contributed by atoms with van der Waals surface area (Å²) in [6.07, 6.45) is 1.10. The molecule has 0 aliphatic rings. The average molecular weight is 359 g/mol. The molecule has 0 fully saturated rings. The topological polar surface area (TPSA) is 120 Å². The van der Waals surface area contributed by atoms with Crippen LogP contribution in [0.5, 0.6) is 0 Å². The summed E-state index contributed by atoms with van der Waals surface area (Å²) in [6.45, 7) is 9.31. The van der Waals surface area contributed by atoms with Gasteiger partial charge in [0, 0.05) is 0 Å². The standard InChI is InChI=1S/C17H33N3O5/c1-11(2)13(15(22)24-6)20-14(21)12(9-7-8-10-18)19-16(23)25-17(3,4)5/h11-13H,7-10,18H2,1-6H3,(H,19,23)(H,20,21)/t12-,13+/m0/s1. The van der Waals surface area contributed by atoms with Crippen LogP contribution < -0.4 is 16.4 Å². The van der Waals surface area contributed by atoms with Crippen molar-refractivity contribution >= 4 is 18.0 Å². The number of nitrogens with two attached hydrogens (primary N) is 1. The fraction of sp³-hybridized carbons (Fsp3) is 0.824. The molecule has 0 unspecified atom stereocenters. The summed E-state index contributed by atoms with van der Waals surface area (Å²) in [5.41, 5.74) is 4.81. The molecule has 0 rings (SSSR count). The van der Waals surface area contributed by atoms with E-state index in [0.717, 1.165) is 6.42 Å². The van der Waals surface area contributed by atoms with Crippen LogP contribution in [0.25, 0.3) is 0 Å². The minimum Gasteiger partial charge on any atom is -0.467 e. The van der Waals surface area contributed by atoms with Crippen molar-refractivity contribution in [2.45, 2.75) is 71.6 Å². The van der Waals surface area contributed by atoms with Gasteiger partial charge in [-0.05, 0) is 52.5 Å². The number of carbonyl (C=O) groups excluding carboxylic acids is 3. The summed E-state index contributed by atoms with van der Waals surface area (Å²) in [7, 11) is 1.27. The highest BCUT2D eigenvalue weighted by Gasteiger charge is 2.30. The summed E-state index contributed by atoms with van der Waals surface area (Å²) in [5, 5.41) is 5.21. The molecule has 0 aliphatic heterocycles. The van der Waals surface area contributed by atoms with Gasteiger partial charge >= 0.3 is 12.1 Å². The van der Waals surface area contributed by atoms with E-state index < -0.39 is 35.7 Å². The zero-order valence-corrected chi connectivity index (χ0v) is 16.2. The number of hydrogen-bond donors (Lipinski definition) is 3. The number of esters is 1. The van der Waals surface area contributed by atoms with Gasteiger partial charge in [-0.1, -0.05) is 13.8 Å². The van der Waals surface area contributed by atoms with E-state index in [1.807, 2.05) is 0 Å². The smallest absolute Gasteiger partial charge is 0.408 e. The van der Waals surface area contributed by atoms with Gasteiger partial charge in [0.25, 0.3) is 0 Å². The summed E-state index contributed by atoms with van der Waals surface area (Å²) >= 11 is 0. The van der Waals surface area contributed by atoms with E-state index in [9.17, 15) is 14.4 Å². The van der Waals surface area contributed by atoms with E-state index in [0.29, 0.717) is 19.4 Å². The monoisotopic (exact) mass is 359 g/mol. The fourth-order valence-electron chi connectivity index (χ4n) is 2.09. The number of methoxy groups -OCH3 is 1. The summed E-state index contributed by atoms with van der Waals surface area (Å²) in [4.78, 5) is 36.4. The summed E-state index contributed by atoms with van der Waals surface area (Å²) < 4.78 is 9.92. The zero-order valence-electron chi connectivity index (χ0n) is 16.2. The molecule has 146 valence electrons. The third kappa shape index (κ3) is 9.91. The maximum atomic E-state index is 12.6. The van der Waals surface area contributed by atoms with Gasteiger partial charge in [0.2, 0.25) is 5.91 Å². The predicted octanol–water partition coefficient (Wildman–Crippen LogP) is 1.32. The molecule has 8 nitrogen and oxygen atoms in total. The lowest BCUT2D eigenvalue weighted by Crippen LogP contribution is -2.53. The van der Waals surface area contributed by atoms with Crippen molar-refractivity contribution in [3.8, 4) is 0 Å². The van der Waals surface area contributed by atoms with Gasteiger partial charge in [-0.3, -0.25) is 4.79 Å². The van der Waals surface area contributed by atoms with Gasteiger partial charge in [-0.25, -0.2) is 9.59 Å². The molecule has 0 aromatic rings. The number of nitrogens with one attached hydrogen (secondary N) is 2. The summed E-state index contributed by atoms with van der Waals surface area (Å²) in [6, 6.07) is -1.60. The maximum absolute atomic E-state index is 12.6. The van der Waals surface area contributed by atoms with E-state index in [1.165, 1.54) is 7.11 Å². The quantitative estimate of drug-likeness (QED) is 0.422. The first kappa shape index (κ1) is 23.2. The van der Waals surface area contributed by atoms with Crippen molar-refractivity contribution in [2.24, 2.45) is 11.7 Å². The van der Waals surface area contributed by atoms with Crippen molar-refractivity contribution < 1.29 is 23.9 Å². The van der Waals surface area contributed by atoms with Crippen molar-refractivity contribution in [3.63, 3.8) is 0 Å². The molecule has 8 heteroatoms. The average Bonchev–Trinajstić information content (AvgIpc) is 2.48. The van der Waals surface area contributed by atoms with Gasteiger partial charge in [0.05, 0.1) is 7.11 Å². The Bertz CT molecular complexity index is 446. The Labute approximate surface area is 150 Å². The first-order valence-electron chi connectivity index (χ1n) is 8.59. The Balaban J connectivity index is 5.01. The molecule has 0 aromatic carbocycles. The normalized spacial score (nSPS) is 13.8. The van der Waals surface area contributed by atoms with Crippen LogP contribution in [-0.4, -0.2) is 49.3 Å². The van der Waals surface area contributed by atoms with Crippen LogP contribution in [0.1, 0.15) is 53.9 Å². The number of alkyl carbamates (subject to hydrolysis) is 1.